The SMILES string of the molecule is O=C(O)c1ccc(F)c(S(=O)Cc2ccc(O)cc2)c1. The van der Waals surface area contributed by atoms with E-state index in [2.05, 4.69) is 0 Å². The van der Waals surface area contributed by atoms with Crippen LogP contribution in [0.25, 0.3) is 0 Å². The van der Waals surface area contributed by atoms with Crippen LogP contribution < -0.4 is 0 Å². The van der Waals surface area contributed by atoms with Crippen LogP contribution in [0.4, 0.5) is 4.39 Å². The molecule has 1 unspecified atom stereocenters. The molecular formula is C14H11FO4S. The van der Waals surface area contributed by atoms with E-state index in [1.165, 1.54) is 12.1 Å². The van der Waals surface area contributed by atoms with Gasteiger partial charge >= 0.3 is 5.97 Å². The maximum Gasteiger partial charge on any atom is 0.335 e. The summed E-state index contributed by atoms with van der Waals surface area (Å²) in [7, 11) is -1.70. The van der Waals surface area contributed by atoms with Crippen LogP contribution in [-0.2, 0) is 16.6 Å². The second kappa shape index (κ2) is 5.83. The number of carboxylic acids is 1. The number of halogens is 1. The average molecular weight is 294 g/mol. The van der Waals surface area contributed by atoms with Gasteiger partial charge in [-0.2, -0.15) is 0 Å². The molecule has 0 aliphatic carbocycles. The molecule has 0 heterocycles. The minimum Gasteiger partial charge on any atom is -0.508 e. The Morgan fingerprint density at radius 2 is 1.80 bits per heavy atom. The number of phenols is 1. The highest BCUT2D eigenvalue weighted by Gasteiger charge is 2.14. The zero-order valence-electron chi connectivity index (χ0n) is 10.2. The summed E-state index contributed by atoms with van der Waals surface area (Å²) in [5.41, 5.74) is 0.543. The van der Waals surface area contributed by atoms with Crippen molar-refractivity contribution in [2.24, 2.45) is 0 Å². The van der Waals surface area contributed by atoms with Crippen LogP contribution in [0.15, 0.2) is 47.4 Å². The van der Waals surface area contributed by atoms with Crippen molar-refractivity contribution in [1.82, 2.24) is 0 Å². The number of rotatable bonds is 4. The minimum absolute atomic E-state index is 0.0419. The number of phenolic OH excluding ortho intramolecular Hbond substituents is 1. The molecule has 0 saturated carbocycles. The fraction of sp³-hybridized carbons (Fsp3) is 0.0714. The molecule has 2 aromatic rings. The lowest BCUT2D eigenvalue weighted by Crippen LogP contribution is -2.03. The fourth-order valence-electron chi connectivity index (χ4n) is 1.63. The van der Waals surface area contributed by atoms with Crippen molar-refractivity contribution >= 4 is 16.8 Å². The van der Waals surface area contributed by atoms with E-state index in [1.54, 1.807) is 12.1 Å². The Morgan fingerprint density at radius 1 is 1.15 bits per heavy atom. The van der Waals surface area contributed by atoms with Gasteiger partial charge in [0, 0.05) is 0 Å². The third-order valence-electron chi connectivity index (χ3n) is 2.66. The summed E-state index contributed by atoms with van der Waals surface area (Å²) < 4.78 is 25.7. The van der Waals surface area contributed by atoms with Gasteiger partial charge in [0.05, 0.1) is 27.0 Å². The van der Waals surface area contributed by atoms with E-state index in [0.29, 0.717) is 5.56 Å². The van der Waals surface area contributed by atoms with Crippen molar-refractivity contribution in [2.45, 2.75) is 10.6 Å². The van der Waals surface area contributed by atoms with Crippen LogP contribution in [0, 0.1) is 5.82 Å². The number of carboxylic acid groups (broad SMARTS) is 1. The molecule has 2 N–H and O–H groups in total. The molecule has 0 aromatic heterocycles. The van der Waals surface area contributed by atoms with Crippen LogP contribution in [0.1, 0.15) is 15.9 Å². The molecule has 0 aliphatic rings. The first-order valence-corrected chi connectivity index (χ1v) is 6.98. The van der Waals surface area contributed by atoms with Gasteiger partial charge in [0.1, 0.15) is 11.6 Å². The van der Waals surface area contributed by atoms with Gasteiger partial charge in [-0.25, -0.2) is 9.18 Å². The maximum absolute atomic E-state index is 13.6. The van der Waals surface area contributed by atoms with E-state index in [1.807, 2.05) is 0 Å². The van der Waals surface area contributed by atoms with Gasteiger partial charge < -0.3 is 10.2 Å². The van der Waals surface area contributed by atoms with E-state index < -0.39 is 22.6 Å². The molecule has 0 aliphatic heterocycles. The van der Waals surface area contributed by atoms with E-state index in [9.17, 15) is 13.4 Å². The summed E-state index contributed by atoms with van der Waals surface area (Å²) >= 11 is 0. The van der Waals surface area contributed by atoms with Crippen molar-refractivity contribution in [2.75, 3.05) is 0 Å². The molecule has 1 atom stereocenters. The van der Waals surface area contributed by atoms with Gasteiger partial charge in [-0.05, 0) is 35.9 Å². The number of carbonyl (C=O) groups is 1. The molecule has 0 fully saturated rings. The molecule has 2 aromatic carbocycles. The predicted octanol–water partition coefficient (Wildman–Crippen LogP) is 2.54. The van der Waals surface area contributed by atoms with Crippen LogP contribution in [0.3, 0.4) is 0 Å². The van der Waals surface area contributed by atoms with Crippen molar-refractivity contribution in [3.05, 3.63) is 59.4 Å². The van der Waals surface area contributed by atoms with E-state index in [0.717, 1.165) is 18.2 Å². The Balaban J connectivity index is 2.26. The summed E-state index contributed by atoms with van der Waals surface area (Å²) in [6.45, 7) is 0. The smallest absolute Gasteiger partial charge is 0.335 e. The number of hydrogen-bond donors (Lipinski definition) is 2. The molecule has 6 heteroatoms. The fourth-order valence-corrected chi connectivity index (χ4v) is 2.83. The van der Waals surface area contributed by atoms with E-state index in [4.69, 9.17) is 10.2 Å². The molecule has 2 rings (SSSR count). The van der Waals surface area contributed by atoms with Crippen LogP contribution in [0.2, 0.25) is 0 Å². The molecule has 0 spiro atoms. The van der Waals surface area contributed by atoms with Crippen LogP contribution in [0.5, 0.6) is 5.75 Å². The monoisotopic (exact) mass is 294 g/mol. The summed E-state index contributed by atoms with van der Waals surface area (Å²) in [6, 6.07) is 9.23. The quantitative estimate of drug-likeness (QED) is 0.908. The lowest BCUT2D eigenvalue weighted by Gasteiger charge is -2.05. The second-order valence-corrected chi connectivity index (χ2v) is 5.53. The summed E-state index contributed by atoms with van der Waals surface area (Å²) in [5.74, 6) is -1.78. The first-order valence-electron chi connectivity index (χ1n) is 5.66. The highest BCUT2D eigenvalue weighted by molar-refractivity contribution is 7.84. The highest BCUT2D eigenvalue weighted by Crippen LogP contribution is 2.19. The normalized spacial score (nSPS) is 12.1. The lowest BCUT2D eigenvalue weighted by molar-refractivity contribution is 0.0696. The van der Waals surface area contributed by atoms with Gasteiger partial charge in [0.25, 0.3) is 0 Å². The molecule has 0 amide bonds. The third kappa shape index (κ3) is 3.21. The number of hydrogen-bond acceptors (Lipinski definition) is 3. The number of aromatic carboxylic acids is 1. The second-order valence-electron chi connectivity index (χ2n) is 4.11. The largest absolute Gasteiger partial charge is 0.508 e. The van der Waals surface area contributed by atoms with Gasteiger partial charge in [-0.15, -0.1) is 0 Å². The number of benzene rings is 2. The first kappa shape index (κ1) is 14.2. The Hall–Kier alpha value is -2.21. The minimum atomic E-state index is -1.70. The zero-order valence-corrected chi connectivity index (χ0v) is 11.1. The first-order chi connectivity index (χ1) is 9.47. The van der Waals surface area contributed by atoms with E-state index >= 15 is 0 Å². The Morgan fingerprint density at radius 3 is 2.40 bits per heavy atom. The summed E-state index contributed by atoms with van der Waals surface area (Å²) in [6.07, 6.45) is 0. The van der Waals surface area contributed by atoms with E-state index in [-0.39, 0.29) is 22.0 Å². The molecule has 0 radical (unpaired) electrons. The van der Waals surface area contributed by atoms with Crippen molar-refractivity contribution in [1.29, 1.82) is 0 Å². The third-order valence-corrected chi connectivity index (χ3v) is 4.06. The highest BCUT2D eigenvalue weighted by atomic mass is 32.2. The average Bonchev–Trinajstić information content (AvgIpc) is 2.41. The van der Waals surface area contributed by atoms with Gasteiger partial charge in [-0.1, -0.05) is 12.1 Å². The molecule has 0 bridgehead atoms. The topological polar surface area (TPSA) is 74.6 Å². The van der Waals surface area contributed by atoms with Crippen molar-refractivity contribution in [3.63, 3.8) is 0 Å². The lowest BCUT2D eigenvalue weighted by atomic mass is 10.2. The Bertz CT molecular complexity index is 667. The maximum atomic E-state index is 13.6. The van der Waals surface area contributed by atoms with Gasteiger partial charge in [-0.3, -0.25) is 4.21 Å². The molecule has 104 valence electrons. The standard InChI is InChI=1S/C14H11FO4S/c15-12-6-3-10(14(17)18)7-13(12)20(19)8-9-1-4-11(16)5-2-9/h1-7,16H,8H2,(H,17,18). The molecule has 4 nitrogen and oxygen atoms in total. The van der Waals surface area contributed by atoms with Crippen LogP contribution in [-0.4, -0.2) is 20.4 Å². The zero-order chi connectivity index (χ0) is 14.7. The summed E-state index contributed by atoms with van der Waals surface area (Å²) in [4.78, 5) is 10.7. The van der Waals surface area contributed by atoms with Gasteiger partial charge in [0.2, 0.25) is 0 Å². The Kier molecular flexibility index (Phi) is 4.14. The van der Waals surface area contributed by atoms with Gasteiger partial charge in [0.15, 0.2) is 0 Å². The Labute approximate surface area is 117 Å². The number of aromatic hydroxyl groups is 1. The van der Waals surface area contributed by atoms with Crippen molar-refractivity contribution < 1.29 is 23.6 Å². The molecule has 20 heavy (non-hydrogen) atoms. The van der Waals surface area contributed by atoms with Crippen molar-refractivity contribution in [3.8, 4) is 5.75 Å². The predicted molar refractivity (Wildman–Crippen MR) is 71.6 cm³/mol. The molecule has 0 saturated heterocycles. The van der Waals surface area contributed by atoms with Crippen LogP contribution >= 0.6 is 0 Å². The summed E-state index contributed by atoms with van der Waals surface area (Å²) in [5, 5.41) is 18.0. The molecular weight excluding hydrogens is 283 g/mol.